The molecule has 2 aliphatic heterocycles. The molecule has 1 saturated heterocycles. The Hall–Kier alpha value is -2.38. The summed E-state index contributed by atoms with van der Waals surface area (Å²) in [6.45, 7) is 0.619. The van der Waals surface area contributed by atoms with Crippen LogP contribution < -0.4 is 10.2 Å². The van der Waals surface area contributed by atoms with E-state index in [0.29, 0.717) is 17.9 Å². The van der Waals surface area contributed by atoms with Gasteiger partial charge in [0, 0.05) is 30.4 Å². The molecule has 1 fully saturated rings. The van der Waals surface area contributed by atoms with Gasteiger partial charge >= 0.3 is 0 Å². The monoisotopic (exact) mass is 355 g/mol. The number of anilines is 2. The molecule has 0 bridgehead atoms. The zero-order valence-corrected chi connectivity index (χ0v) is 14.5. The number of hydrogen-bond donors (Lipinski definition) is 1. The maximum Gasteiger partial charge on any atom is 0.259 e. The zero-order valence-electron chi connectivity index (χ0n) is 13.7. The molecular formula is C18H17N3O3S. The Morgan fingerprint density at radius 2 is 2.28 bits per heavy atom. The lowest BCUT2D eigenvalue weighted by atomic mass is 10.1. The molecule has 1 aromatic heterocycles. The molecule has 0 saturated carbocycles. The fourth-order valence-electron chi connectivity index (χ4n) is 2.98. The van der Waals surface area contributed by atoms with Crippen LogP contribution in [0.4, 0.5) is 11.4 Å². The molecule has 1 atom stereocenters. The number of fused-ring (bicyclic) bond motifs is 2. The summed E-state index contributed by atoms with van der Waals surface area (Å²) in [7, 11) is 1.73. The first-order chi connectivity index (χ1) is 12.1. The number of pyridine rings is 1. The zero-order chi connectivity index (χ0) is 17.4. The molecule has 0 aliphatic carbocycles. The number of carbonyl (C=O) groups excluding carboxylic acids is 2. The Balaban J connectivity index is 1.64. The number of hydrogen-bond acceptors (Lipinski definition) is 5. The van der Waals surface area contributed by atoms with Gasteiger partial charge in [0.05, 0.1) is 11.3 Å². The minimum absolute atomic E-state index is 0.123. The van der Waals surface area contributed by atoms with Crippen LogP contribution in [0.1, 0.15) is 23.2 Å². The third kappa shape index (κ3) is 3.01. The molecular weight excluding hydrogens is 338 g/mol. The minimum atomic E-state index is -0.403. The van der Waals surface area contributed by atoms with Crippen molar-refractivity contribution in [3.05, 3.63) is 42.1 Å². The van der Waals surface area contributed by atoms with Crippen molar-refractivity contribution in [1.82, 2.24) is 4.98 Å². The molecule has 2 aromatic rings. The standard InChI is InChI=1S/C18H17N3O3S/c1-21-13-4-2-8-19-17(13)25-15-7-6-11(10-12(15)18(21)23)20-16(22)14-5-3-9-24-14/h2,4,6-8,10,14H,3,5,9H2,1H3,(H,20,22)/t14-/m0/s1. The largest absolute Gasteiger partial charge is 0.368 e. The first kappa shape index (κ1) is 16.1. The normalized spacial score (nSPS) is 19.2. The number of rotatable bonds is 2. The fourth-order valence-corrected chi connectivity index (χ4v) is 4.01. The van der Waals surface area contributed by atoms with Crippen LogP contribution in [-0.2, 0) is 9.53 Å². The molecule has 6 nitrogen and oxygen atoms in total. The molecule has 2 amide bonds. The van der Waals surface area contributed by atoms with E-state index in [1.807, 2.05) is 18.2 Å². The maximum absolute atomic E-state index is 12.8. The van der Waals surface area contributed by atoms with Crippen LogP contribution in [0.5, 0.6) is 0 Å². The Labute approximate surface area is 149 Å². The van der Waals surface area contributed by atoms with Gasteiger partial charge in [-0.15, -0.1) is 0 Å². The number of benzene rings is 1. The summed E-state index contributed by atoms with van der Waals surface area (Å²) < 4.78 is 5.40. The predicted octanol–water partition coefficient (Wildman–Crippen LogP) is 2.94. The smallest absolute Gasteiger partial charge is 0.259 e. The number of amides is 2. The minimum Gasteiger partial charge on any atom is -0.368 e. The highest BCUT2D eigenvalue weighted by Crippen LogP contribution is 2.40. The lowest BCUT2D eigenvalue weighted by molar-refractivity contribution is -0.124. The van der Waals surface area contributed by atoms with Gasteiger partial charge in [-0.2, -0.15) is 0 Å². The van der Waals surface area contributed by atoms with Crippen molar-refractivity contribution >= 4 is 35.0 Å². The third-order valence-corrected chi connectivity index (χ3v) is 5.41. The van der Waals surface area contributed by atoms with Gasteiger partial charge in [-0.1, -0.05) is 11.8 Å². The van der Waals surface area contributed by atoms with Gasteiger partial charge in [-0.05, 0) is 43.2 Å². The van der Waals surface area contributed by atoms with Gasteiger partial charge in [0.1, 0.15) is 11.1 Å². The van der Waals surface area contributed by atoms with E-state index in [4.69, 9.17) is 4.74 Å². The van der Waals surface area contributed by atoms with Crippen LogP contribution in [0.15, 0.2) is 46.5 Å². The summed E-state index contributed by atoms with van der Waals surface area (Å²) >= 11 is 1.45. The van der Waals surface area contributed by atoms with Crippen LogP contribution in [0.2, 0.25) is 0 Å². The van der Waals surface area contributed by atoms with Crippen molar-refractivity contribution in [1.29, 1.82) is 0 Å². The molecule has 0 radical (unpaired) electrons. The van der Waals surface area contributed by atoms with Crippen LogP contribution in [0.25, 0.3) is 0 Å². The van der Waals surface area contributed by atoms with Crippen molar-refractivity contribution in [2.24, 2.45) is 0 Å². The third-order valence-electron chi connectivity index (χ3n) is 4.32. The van der Waals surface area contributed by atoms with E-state index in [1.54, 1.807) is 30.3 Å². The first-order valence-electron chi connectivity index (χ1n) is 8.11. The fraction of sp³-hybridized carbons (Fsp3) is 0.278. The van der Waals surface area contributed by atoms with E-state index in [2.05, 4.69) is 10.3 Å². The van der Waals surface area contributed by atoms with Crippen molar-refractivity contribution in [2.75, 3.05) is 23.9 Å². The summed E-state index contributed by atoms with van der Waals surface area (Å²) in [5.74, 6) is -0.285. The molecule has 0 unspecified atom stereocenters. The van der Waals surface area contributed by atoms with E-state index in [9.17, 15) is 9.59 Å². The molecule has 25 heavy (non-hydrogen) atoms. The lowest BCUT2D eigenvalue weighted by Gasteiger charge is -2.17. The highest BCUT2D eigenvalue weighted by atomic mass is 32.2. The van der Waals surface area contributed by atoms with Gasteiger partial charge in [0.2, 0.25) is 0 Å². The Bertz CT molecular complexity index is 849. The lowest BCUT2D eigenvalue weighted by Crippen LogP contribution is -2.28. The van der Waals surface area contributed by atoms with Crippen LogP contribution in [-0.4, -0.2) is 36.6 Å². The van der Waals surface area contributed by atoms with Crippen molar-refractivity contribution in [3.8, 4) is 0 Å². The summed E-state index contributed by atoms with van der Waals surface area (Å²) in [4.78, 5) is 31.9. The second-order valence-electron chi connectivity index (χ2n) is 6.00. The number of carbonyl (C=O) groups is 2. The van der Waals surface area contributed by atoms with Crippen LogP contribution >= 0.6 is 11.8 Å². The van der Waals surface area contributed by atoms with E-state index < -0.39 is 6.10 Å². The Morgan fingerprint density at radius 1 is 1.40 bits per heavy atom. The van der Waals surface area contributed by atoms with Gasteiger partial charge < -0.3 is 15.0 Å². The number of nitrogens with one attached hydrogen (secondary N) is 1. The average molecular weight is 355 g/mol. The van der Waals surface area contributed by atoms with Crippen LogP contribution in [0.3, 0.4) is 0 Å². The topological polar surface area (TPSA) is 71.5 Å². The van der Waals surface area contributed by atoms with Crippen molar-refractivity contribution in [3.63, 3.8) is 0 Å². The van der Waals surface area contributed by atoms with E-state index in [-0.39, 0.29) is 11.8 Å². The van der Waals surface area contributed by atoms with Gasteiger partial charge in [0.25, 0.3) is 11.8 Å². The summed E-state index contributed by atoms with van der Waals surface area (Å²) in [6.07, 6.45) is 2.94. The summed E-state index contributed by atoms with van der Waals surface area (Å²) in [5, 5.41) is 3.64. The molecule has 0 spiro atoms. The molecule has 2 aliphatic rings. The Kier molecular flexibility index (Phi) is 4.19. The van der Waals surface area contributed by atoms with E-state index in [1.165, 1.54) is 11.8 Å². The number of nitrogens with zero attached hydrogens (tertiary/aromatic N) is 2. The Morgan fingerprint density at radius 3 is 3.08 bits per heavy atom. The maximum atomic E-state index is 12.8. The first-order valence-corrected chi connectivity index (χ1v) is 8.92. The predicted molar refractivity (Wildman–Crippen MR) is 95.1 cm³/mol. The van der Waals surface area contributed by atoms with E-state index >= 15 is 0 Å². The highest BCUT2D eigenvalue weighted by molar-refractivity contribution is 7.99. The molecule has 128 valence electrons. The number of ether oxygens (including phenoxy) is 1. The van der Waals surface area contributed by atoms with E-state index in [0.717, 1.165) is 28.5 Å². The van der Waals surface area contributed by atoms with Crippen LogP contribution in [0, 0.1) is 0 Å². The van der Waals surface area contributed by atoms with Gasteiger partial charge in [0.15, 0.2) is 0 Å². The summed E-state index contributed by atoms with van der Waals surface area (Å²) in [5.41, 5.74) is 1.93. The molecule has 4 rings (SSSR count). The van der Waals surface area contributed by atoms with Gasteiger partial charge in [-0.25, -0.2) is 4.98 Å². The quantitative estimate of drug-likeness (QED) is 0.897. The molecule has 1 N–H and O–H groups in total. The van der Waals surface area contributed by atoms with Crippen molar-refractivity contribution < 1.29 is 14.3 Å². The van der Waals surface area contributed by atoms with Gasteiger partial charge in [-0.3, -0.25) is 9.59 Å². The van der Waals surface area contributed by atoms with Crippen molar-refractivity contribution in [2.45, 2.75) is 28.9 Å². The average Bonchev–Trinajstić information content (AvgIpc) is 3.14. The second kappa shape index (κ2) is 6.50. The SMILES string of the molecule is CN1C(=O)c2cc(NC(=O)[C@@H]3CCCO3)ccc2Sc2ncccc21. The summed E-state index contributed by atoms with van der Waals surface area (Å²) in [6, 6.07) is 9.06. The highest BCUT2D eigenvalue weighted by Gasteiger charge is 2.27. The molecule has 7 heteroatoms. The second-order valence-corrected chi connectivity index (χ2v) is 7.03. The molecule has 1 aromatic carbocycles. The number of aromatic nitrogens is 1. The molecule has 3 heterocycles.